The molecule has 0 heterocycles. The van der Waals surface area contributed by atoms with E-state index in [4.69, 9.17) is 25.9 Å². The molecule has 0 atom stereocenters. The maximum absolute atomic E-state index is 10.8. The number of hydrogen-bond donors (Lipinski definition) is 2. The third kappa shape index (κ3) is 8.56. The highest BCUT2D eigenvalue weighted by molar-refractivity contribution is 8.13. The van der Waals surface area contributed by atoms with Crippen LogP contribution >= 0.6 is 14.1 Å². The van der Waals surface area contributed by atoms with Crippen LogP contribution in [-0.2, 0) is 20.7 Å². The molecule has 0 spiro atoms. The van der Waals surface area contributed by atoms with Crippen LogP contribution < -0.4 is 0 Å². The molecule has 0 saturated heterocycles. The topological polar surface area (TPSA) is 66.8 Å². The molecule has 2 N–H and O–H groups in total. The Labute approximate surface area is 96.8 Å². The van der Waals surface area contributed by atoms with Crippen LogP contribution in [0.5, 0.6) is 0 Å². The van der Waals surface area contributed by atoms with Gasteiger partial charge in [0, 0.05) is 0 Å². The molecule has 7 heteroatoms. The van der Waals surface area contributed by atoms with Gasteiger partial charge < -0.3 is 9.79 Å². The first-order chi connectivity index (χ1) is 6.83. The van der Waals surface area contributed by atoms with Crippen LogP contribution in [-0.4, -0.2) is 22.1 Å². The lowest BCUT2D eigenvalue weighted by Crippen LogP contribution is -1.99. The van der Waals surface area contributed by atoms with E-state index in [1.807, 2.05) is 13.8 Å². The van der Waals surface area contributed by atoms with Gasteiger partial charge in [-0.2, -0.15) is 0 Å². The Morgan fingerprint density at radius 3 is 1.80 bits per heavy atom. The summed E-state index contributed by atoms with van der Waals surface area (Å²) in [5.41, 5.74) is 0. The van der Waals surface area contributed by atoms with Gasteiger partial charge in [0.25, 0.3) is 0 Å². The Bertz CT molecular complexity index is 251. The van der Waals surface area contributed by atoms with Gasteiger partial charge in [0.2, 0.25) is 0 Å². The van der Waals surface area contributed by atoms with E-state index in [0.29, 0.717) is 12.3 Å². The van der Waals surface area contributed by atoms with Crippen LogP contribution in [0.1, 0.15) is 39.5 Å². The fourth-order valence-electron chi connectivity index (χ4n) is 1.19. The lowest BCUT2D eigenvalue weighted by Gasteiger charge is -2.22. The van der Waals surface area contributed by atoms with Crippen LogP contribution in [0.25, 0.3) is 0 Å². The van der Waals surface area contributed by atoms with Crippen molar-refractivity contribution in [2.45, 2.75) is 39.5 Å². The van der Waals surface area contributed by atoms with Gasteiger partial charge in [0.1, 0.15) is 0 Å². The lowest BCUT2D eigenvalue weighted by molar-refractivity contribution is 0.292. The minimum atomic E-state index is -4.42. The molecule has 15 heavy (non-hydrogen) atoms. The molecular formula is C8H20O4P2S. The minimum Gasteiger partial charge on any atom is -0.302 e. The molecule has 0 rings (SSSR count). The summed E-state index contributed by atoms with van der Waals surface area (Å²) in [7, 11) is -4.42. The maximum atomic E-state index is 10.8. The molecule has 0 unspecified atom stereocenters. The van der Waals surface area contributed by atoms with Gasteiger partial charge >= 0.3 is 7.82 Å². The summed E-state index contributed by atoms with van der Waals surface area (Å²) in [6.45, 7) is 4.05. The van der Waals surface area contributed by atoms with Gasteiger partial charge in [-0.1, -0.05) is 38.5 Å². The Morgan fingerprint density at radius 1 is 1.13 bits per heavy atom. The van der Waals surface area contributed by atoms with Gasteiger partial charge in [0.05, 0.1) is 6.26 Å². The van der Waals surface area contributed by atoms with Crippen molar-refractivity contribution >= 4 is 25.9 Å². The summed E-state index contributed by atoms with van der Waals surface area (Å²) >= 11 is 5.28. The zero-order chi connectivity index (χ0) is 11.9. The summed E-state index contributed by atoms with van der Waals surface area (Å²) in [5.74, 6) is 0. The summed E-state index contributed by atoms with van der Waals surface area (Å²) in [6.07, 6.45) is 2.64. The molecule has 0 aliphatic carbocycles. The van der Waals surface area contributed by atoms with E-state index >= 15 is 0 Å². The highest BCUT2D eigenvalue weighted by Crippen LogP contribution is 2.60. The average molecular weight is 274 g/mol. The van der Waals surface area contributed by atoms with E-state index in [2.05, 4.69) is 0 Å². The van der Waals surface area contributed by atoms with Crippen molar-refractivity contribution in [3.05, 3.63) is 0 Å². The Morgan fingerprint density at radius 2 is 1.53 bits per heavy atom. The van der Waals surface area contributed by atoms with Gasteiger partial charge in [-0.3, -0.25) is 4.31 Å². The molecule has 4 nitrogen and oxygen atoms in total. The van der Waals surface area contributed by atoms with Crippen LogP contribution in [0.15, 0.2) is 0 Å². The highest BCUT2D eigenvalue weighted by Gasteiger charge is 2.27. The summed E-state index contributed by atoms with van der Waals surface area (Å²) in [5, 5.41) is 0. The van der Waals surface area contributed by atoms with Gasteiger partial charge in [-0.15, -0.1) is 0 Å². The van der Waals surface area contributed by atoms with Crippen LogP contribution in [0.2, 0.25) is 0 Å². The first-order valence-electron chi connectivity index (χ1n) is 5.18. The average Bonchev–Trinajstić information content (AvgIpc) is 2.09. The maximum Gasteiger partial charge on any atom is 0.473 e. The summed E-state index contributed by atoms with van der Waals surface area (Å²) < 4.78 is 15.6. The smallest absolute Gasteiger partial charge is 0.302 e. The number of unbranched alkanes of at least 4 members (excludes halogenated alkanes) is 2. The second kappa shape index (κ2) is 7.16. The van der Waals surface area contributed by atoms with Crippen molar-refractivity contribution in [1.82, 2.24) is 0 Å². The number of hydrogen-bond acceptors (Lipinski definition) is 3. The lowest BCUT2D eigenvalue weighted by atomic mass is 10.4. The van der Waals surface area contributed by atoms with E-state index in [0.717, 1.165) is 25.7 Å². The fourth-order valence-corrected chi connectivity index (χ4v) is 6.77. The van der Waals surface area contributed by atoms with Crippen LogP contribution in [0, 0.1) is 0 Å². The molecule has 0 fully saturated rings. The first kappa shape index (κ1) is 15.8. The molecule has 0 aromatic rings. The Balaban J connectivity index is 4.40. The quantitative estimate of drug-likeness (QED) is 0.666. The van der Waals surface area contributed by atoms with Crippen LogP contribution in [0.3, 0.4) is 0 Å². The largest absolute Gasteiger partial charge is 0.473 e. The van der Waals surface area contributed by atoms with Crippen molar-refractivity contribution < 1.29 is 18.7 Å². The van der Waals surface area contributed by atoms with Gasteiger partial charge in [-0.05, 0) is 25.2 Å². The summed E-state index contributed by atoms with van der Waals surface area (Å²) in [6, 6.07) is 0. The van der Waals surface area contributed by atoms with E-state index in [-0.39, 0.29) is 0 Å². The number of rotatable bonds is 8. The molecule has 0 aromatic carbocycles. The second-order valence-electron chi connectivity index (χ2n) is 3.54. The zero-order valence-corrected chi connectivity index (χ0v) is 11.9. The molecular weight excluding hydrogens is 254 g/mol. The van der Waals surface area contributed by atoms with Gasteiger partial charge in [0.15, 0.2) is 0 Å². The van der Waals surface area contributed by atoms with E-state index < -0.39 is 14.1 Å². The molecule has 0 amide bonds. The monoisotopic (exact) mass is 274 g/mol. The first-order valence-corrected chi connectivity index (χ1v) is 9.80. The van der Waals surface area contributed by atoms with E-state index in [1.54, 1.807) is 0 Å². The standard InChI is InChI=1S/C8H20O4P2S/c1-3-5-7-13(15,8-6-4-2)12-14(9,10)11/h3-8H2,1-2H3,(H2,9,10,11). The summed E-state index contributed by atoms with van der Waals surface area (Å²) in [4.78, 5) is 17.6. The van der Waals surface area contributed by atoms with Crippen molar-refractivity contribution in [3.8, 4) is 0 Å². The van der Waals surface area contributed by atoms with Gasteiger partial charge in [-0.25, -0.2) is 4.57 Å². The van der Waals surface area contributed by atoms with Crippen molar-refractivity contribution in [2.24, 2.45) is 0 Å². The molecule has 0 saturated carbocycles. The van der Waals surface area contributed by atoms with Crippen molar-refractivity contribution in [3.63, 3.8) is 0 Å². The fraction of sp³-hybridized carbons (Fsp3) is 1.00. The highest BCUT2D eigenvalue weighted by atomic mass is 32.4. The van der Waals surface area contributed by atoms with Crippen molar-refractivity contribution in [1.29, 1.82) is 0 Å². The minimum absolute atomic E-state index is 0.629. The van der Waals surface area contributed by atoms with Crippen LogP contribution in [0.4, 0.5) is 0 Å². The zero-order valence-electron chi connectivity index (χ0n) is 9.26. The van der Waals surface area contributed by atoms with E-state index in [9.17, 15) is 4.57 Å². The normalized spacial score (nSPS) is 13.1. The predicted molar refractivity (Wildman–Crippen MR) is 67.0 cm³/mol. The van der Waals surface area contributed by atoms with Crippen molar-refractivity contribution in [2.75, 3.05) is 12.3 Å². The number of phosphoric acid groups is 1. The molecule has 0 aliphatic heterocycles. The van der Waals surface area contributed by atoms with E-state index in [1.165, 1.54) is 0 Å². The second-order valence-corrected chi connectivity index (χ2v) is 9.70. The molecule has 0 radical (unpaired) electrons. The molecule has 92 valence electrons. The SMILES string of the molecule is CCCCP(=S)(CCCC)OP(=O)(O)O. The Kier molecular flexibility index (Phi) is 7.52. The third-order valence-corrected chi connectivity index (χ3v) is 7.69. The Hall–Kier alpha value is 0.760. The predicted octanol–water partition coefficient (Wildman–Crippen LogP) is 3.09. The third-order valence-electron chi connectivity index (χ3n) is 1.96. The molecule has 0 bridgehead atoms. The molecule has 0 aromatic heterocycles. The molecule has 0 aliphatic rings.